The summed E-state index contributed by atoms with van der Waals surface area (Å²) in [6.07, 6.45) is 1.02. The fraction of sp³-hybridized carbons (Fsp3) is 0.333. The summed E-state index contributed by atoms with van der Waals surface area (Å²) in [5.41, 5.74) is 0.807. The molecule has 0 heterocycles. The van der Waals surface area contributed by atoms with E-state index in [4.69, 9.17) is 27.9 Å². The van der Waals surface area contributed by atoms with Crippen LogP contribution in [0.15, 0.2) is 77.7 Å². The Morgan fingerprint density at radius 2 is 1.66 bits per heavy atom. The summed E-state index contributed by atoms with van der Waals surface area (Å²) in [4.78, 5) is 28.9. The molecule has 0 aliphatic heterocycles. The number of nitrogens with one attached hydrogen (secondary N) is 1. The number of methoxy groups -OCH3 is 1. The number of anilines is 1. The quantitative estimate of drug-likeness (QED) is 0.256. The van der Waals surface area contributed by atoms with Gasteiger partial charge >= 0.3 is 0 Å². The Morgan fingerprint density at radius 3 is 2.27 bits per heavy atom. The molecule has 0 unspecified atom stereocenters. The standard InChI is InChI=1S/C30H35Cl2N3O5S/c1-5-21(3)33-30(37)27(6-2)34(19-22-11-10-12-24(17-22)40-4)29(36)20-35(28-16-15-23(31)18-26(28)32)41(38,39)25-13-8-7-9-14-25/h7-18,21,27H,5-6,19-20H2,1-4H3,(H,33,37)/t21-,27-/m1/s1. The van der Waals surface area contributed by atoms with Crippen molar-refractivity contribution in [1.29, 1.82) is 0 Å². The van der Waals surface area contributed by atoms with Gasteiger partial charge in [0.15, 0.2) is 0 Å². The van der Waals surface area contributed by atoms with Crippen molar-refractivity contribution < 1.29 is 22.7 Å². The summed E-state index contributed by atoms with van der Waals surface area (Å²) in [6, 6.07) is 18.3. The van der Waals surface area contributed by atoms with E-state index in [0.717, 1.165) is 9.87 Å². The molecule has 2 amide bonds. The first-order chi connectivity index (χ1) is 19.5. The van der Waals surface area contributed by atoms with Gasteiger partial charge in [-0.25, -0.2) is 8.42 Å². The van der Waals surface area contributed by atoms with Crippen molar-refractivity contribution in [3.05, 3.63) is 88.4 Å². The van der Waals surface area contributed by atoms with Crippen LogP contribution in [0, 0.1) is 0 Å². The summed E-state index contributed by atoms with van der Waals surface area (Å²) in [5, 5.41) is 3.33. The lowest BCUT2D eigenvalue weighted by Gasteiger charge is -2.34. The van der Waals surface area contributed by atoms with Gasteiger partial charge in [0.05, 0.1) is 22.7 Å². The predicted molar refractivity (Wildman–Crippen MR) is 163 cm³/mol. The van der Waals surface area contributed by atoms with Crippen molar-refractivity contribution >= 4 is 50.7 Å². The summed E-state index contributed by atoms with van der Waals surface area (Å²) in [7, 11) is -2.70. The molecule has 0 aliphatic rings. The third kappa shape index (κ3) is 8.15. The van der Waals surface area contributed by atoms with Gasteiger partial charge in [0.2, 0.25) is 11.8 Å². The lowest BCUT2D eigenvalue weighted by atomic mass is 10.1. The Bertz CT molecular complexity index is 1450. The number of carbonyl (C=O) groups excluding carboxylic acids is 2. The van der Waals surface area contributed by atoms with Gasteiger partial charge in [0, 0.05) is 17.6 Å². The number of sulfonamides is 1. The number of hydrogen-bond acceptors (Lipinski definition) is 5. The van der Waals surface area contributed by atoms with Crippen molar-refractivity contribution in [2.24, 2.45) is 0 Å². The Balaban J connectivity index is 2.09. The third-order valence-corrected chi connectivity index (χ3v) is 8.97. The highest BCUT2D eigenvalue weighted by Crippen LogP contribution is 2.33. The molecule has 220 valence electrons. The number of nitrogens with zero attached hydrogens (tertiary/aromatic N) is 2. The maximum atomic E-state index is 14.1. The van der Waals surface area contributed by atoms with Gasteiger partial charge in [-0.3, -0.25) is 13.9 Å². The molecule has 0 aromatic heterocycles. The van der Waals surface area contributed by atoms with Crippen LogP contribution in [0.5, 0.6) is 5.75 Å². The molecule has 41 heavy (non-hydrogen) atoms. The molecule has 3 aromatic carbocycles. The minimum atomic E-state index is -4.24. The largest absolute Gasteiger partial charge is 0.497 e. The number of halogens is 2. The van der Waals surface area contributed by atoms with Gasteiger partial charge in [-0.05, 0) is 67.8 Å². The summed E-state index contributed by atoms with van der Waals surface area (Å²) >= 11 is 12.6. The summed E-state index contributed by atoms with van der Waals surface area (Å²) < 4.78 is 34.1. The van der Waals surface area contributed by atoms with Gasteiger partial charge in [-0.15, -0.1) is 0 Å². The Hall–Kier alpha value is -3.27. The molecule has 0 saturated carbocycles. The van der Waals surface area contributed by atoms with E-state index in [1.54, 1.807) is 50.4 Å². The van der Waals surface area contributed by atoms with E-state index in [9.17, 15) is 18.0 Å². The fourth-order valence-electron chi connectivity index (χ4n) is 4.24. The molecule has 3 aromatic rings. The fourth-order valence-corrected chi connectivity index (χ4v) is 6.26. The molecular weight excluding hydrogens is 585 g/mol. The number of carbonyl (C=O) groups is 2. The second kappa shape index (κ2) is 14.6. The minimum Gasteiger partial charge on any atom is -0.497 e. The van der Waals surface area contributed by atoms with Crippen molar-refractivity contribution in [2.45, 2.75) is 57.1 Å². The van der Waals surface area contributed by atoms with E-state index in [0.29, 0.717) is 23.6 Å². The van der Waals surface area contributed by atoms with E-state index in [1.165, 1.54) is 35.2 Å². The highest BCUT2D eigenvalue weighted by molar-refractivity contribution is 7.92. The van der Waals surface area contributed by atoms with Gasteiger partial charge in [-0.1, -0.05) is 67.4 Å². The highest BCUT2D eigenvalue weighted by Gasteiger charge is 2.34. The Labute approximate surface area is 252 Å². The molecule has 0 fully saturated rings. The van der Waals surface area contributed by atoms with Crippen molar-refractivity contribution in [1.82, 2.24) is 10.2 Å². The number of rotatable bonds is 13. The van der Waals surface area contributed by atoms with E-state index in [2.05, 4.69) is 5.32 Å². The monoisotopic (exact) mass is 619 g/mol. The summed E-state index contributed by atoms with van der Waals surface area (Å²) in [6.45, 7) is 5.09. The minimum absolute atomic E-state index is 0.0142. The third-order valence-electron chi connectivity index (χ3n) is 6.66. The number of amides is 2. The van der Waals surface area contributed by atoms with Crippen LogP contribution in [-0.2, 0) is 26.2 Å². The van der Waals surface area contributed by atoms with E-state index < -0.39 is 28.5 Å². The number of ether oxygens (including phenoxy) is 1. The highest BCUT2D eigenvalue weighted by atomic mass is 35.5. The SMILES string of the molecule is CC[C@@H](C)NC(=O)[C@@H](CC)N(Cc1cccc(OC)c1)C(=O)CN(c1ccc(Cl)cc1Cl)S(=O)(=O)c1ccccc1. The van der Waals surface area contributed by atoms with Crippen molar-refractivity contribution in [2.75, 3.05) is 18.0 Å². The molecule has 3 rings (SSSR count). The lowest BCUT2D eigenvalue weighted by molar-refractivity contribution is -0.140. The second-order valence-corrected chi connectivity index (χ2v) is 12.2. The van der Waals surface area contributed by atoms with E-state index in [1.807, 2.05) is 19.9 Å². The maximum absolute atomic E-state index is 14.1. The smallest absolute Gasteiger partial charge is 0.264 e. The molecular formula is C30H35Cl2N3O5S. The molecule has 8 nitrogen and oxygen atoms in total. The molecule has 0 aliphatic carbocycles. The zero-order chi connectivity index (χ0) is 30.2. The second-order valence-electron chi connectivity index (χ2n) is 9.54. The molecule has 0 bridgehead atoms. The number of benzene rings is 3. The number of hydrogen-bond donors (Lipinski definition) is 1. The zero-order valence-corrected chi connectivity index (χ0v) is 25.8. The van der Waals surface area contributed by atoms with Crippen molar-refractivity contribution in [3.63, 3.8) is 0 Å². The Kier molecular flexibility index (Phi) is 11.5. The molecule has 2 atom stereocenters. The predicted octanol–water partition coefficient (Wildman–Crippen LogP) is 5.92. The normalized spacial score (nSPS) is 12.7. The lowest BCUT2D eigenvalue weighted by Crippen LogP contribution is -2.53. The zero-order valence-electron chi connectivity index (χ0n) is 23.5. The van der Waals surface area contributed by atoms with Crippen LogP contribution in [0.2, 0.25) is 10.0 Å². The topological polar surface area (TPSA) is 96.0 Å². The first kappa shape index (κ1) is 32.2. The summed E-state index contributed by atoms with van der Waals surface area (Å²) in [5.74, 6) is -0.308. The van der Waals surface area contributed by atoms with Crippen LogP contribution >= 0.6 is 23.2 Å². The van der Waals surface area contributed by atoms with E-state index >= 15 is 0 Å². The van der Waals surface area contributed by atoms with Gasteiger partial charge in [0.1, 0.15) is 18.3 Å². The van der Waals surface area contributed by atoms with Crippen LogP contribution in [0.1, 0.15) is 39.2 Å². The van der Waals surface area contributed by atoms with Crippen molar-refractivity contribution in [3.8, 4) is 5.75 Å². The van der Waals surface area contributed by atoms with Crippen LogP contribution in [-0.4, -0.2) is 50.9 Å². The van der Waals surface area contributed by atoms with Crippen LogP contribution in [0.25, 0.3) is 0 Å². The van der Waals surface area contributed by atoms with Gasteiger partial charge in [-0.2, -0.15) is 0 Å². The van der Waals surface area contributed by atoms with Gasteiger partial charge < -0.3 is 15.0 Å². The molecule has 1 N–H and O–H groups in total. The first-order valence-electron chi connectivity index (χ1n) is 13.3. The Morgan fingerprint density at radius 1 is 0.951 bits per heavy atom. The molecule has 0 saturated heterocycles. The average Bonchev–Trinajstić information content (AvgIpc) is 2.96. The van der Waals surface area contributed by atoms with Crippen LogP contribution in [0.3, 0.4) is 0 Å². The van der Waals surface area contributed by atoms with E-state index in [-0.39, 0.29) is 34.1 Å². The van der Waals surface area contributed by atoms with Crippen LogP contribution in [0.4, 0.5) is 5.69 Å². The molecule has 0 spiro atoms. The maximum Gasteiger partial charge on any atom is 0.264 e. The van der Waals surface area contributed by atoms with Crippen LogP contribution < -0.4 is 14.4 Å². The molecule has 11 heteroatoms. The first-order valence-corrected chi connectivity index (χ1v) is 15.5. The molecule has 0 radical (unpaired) electrons. The van der Waals surface area contributed by atoms with Gasteiger partial charge in [0.25, 0.3) is 10.0 Å². The average molecular weight is 621 g/mol.